The Morgan fingerprint density at radius 3 is 2.55 bits per heavy atom. The van der Waals surface area contributed by atoms with E-state index in [0.717, 1.165) is 61.6 Å². The van der Waals surface area contributed by atoms with Crippen LogP contribution in [0.5, 0.6) is 0 Å². The minimum Gasteiger partial charge on any atom is -0.363 e. The molecule has 1 N–H and O–H groups in total. The van der Waals surface area contributed by atoms with Crippen molar-refractivity contribution in [2.75, 3.05) is 37.6 Å². The van der Waals surface area contributed by atoms with E-state index in [1.165, 1.54) is 0 Å². The third kappa shape index (κ3) is 4.29. The third-order valence-corrected chi connectivity index (χ3v) is 4.19. The first-order valence-corrected chi connectivity index (χ1v) is 8.55. The first-order valence-electron chi connectivity index (χ1n) is 8.14. The minimum atomic E-state index is 0.353. The van der Waals surface area contributed by atoms with E-state index in [1.54, 1.807) is 0 Å². The molecule has 2 heterocycles. The largest absolute Gasteiger partial charge is 0.363 e. The van der Waals surface area contributed by atoms with Crippen molar-refractivity contribution in [3.8, 4) is 0 Å². The van der Waals surface area contributed by atoms with Crippen LogP contribution in [0.25, 0.3) is 0 Å². The van der Waals surface area contributed by atoms with E-state index < -0.39 is 0 Å². The summed E-state index contributed by atoms with van der Waals surface area (Å²) in [6, 6.07) is 2.08. The molecule has 0 bridgehead atoms. The predicted molar refractivity (Wildman–Crippen MR) is 95.5 cm³/mol. The van der Waals surface area contributed by atoms with Gasteiger partial charge in [0.25, 0.3) is 0 Å². The third-order valence-electron chi connectivity index (χ3n) is 3.79. The van der Waals surface area contributed by atoms with Gasteiger partial charge < -0.3 is 15.1 Å². The second-order valence-electron chi connectivity index (χ2n) is 6.09. The zero-order valence-corrected chi connectivity index (χ0v) is 14.9. The van der Waals surface area contributed by atoms with Gasteiger partial charge in [0.05, 0.1) is 0 Å². The lowest BCUT2D eigenvalue weighted by Gasteiger charge is -2.37. The first kappa shape index (κ1) is 16.9. The number of anilines is 1. The van der Waals surface area contributed by atoms with E-state index in [-0.39, 0.29) is 0 Å². The van der Waals surface area contributed by atoms with E-state index >= 15 is 0 Å². The lowest BCUT2D eigenvalue weighted by atomic mass is 10.2. The first-order chi connectivity index (χ1) is 10.5. The summed E-state index contributed by atoms with van der Waals surface area (Å²) >= 11 is 5.44. The molecule has 0 amide bonds. The number of thiocarbonyl (C=S) groups is 1. The summed E-state index contributed by atoms with van der Waals surface area (Å²) in [5.74, 6) is 2.33. The van der Waals surface area contributed by atoms with E-state index in [1.807, 2.05) is 6.92 Å². The minimum absolute atomic E-state index is 0.353. The molecule has 6 heteroatoms. The Balaban J connectivity index is 1.98. The molecule has 0 aromatic carbocycles. The summed E-state index contributed by atoms with van der Waals surface area (Å²) in [6.07, 6.45) is 1.10. The number of hydrogen-bond donors (Lipinski definition) is 1. The summed E-state index contributed by atoms with van der Waals surface area (Å²) < 4.78 is 0. The van der Waals surface area contributed by atoms with Crippen LogP contribution < -0.4 is 10.2 Å². The fourth-order valence-electron chi connectivity index (χ4n) is 2.48. The monoisotopic (exact) mass is 321 g/mol. The molecule has 1 aliphatic heterocycles. The van der Waals surface area contributed by atoms with Crippen molar-refractivity contribution in [2.45, 2.75) is 40.0 Å². The van der Waals surface area contributed by atoms with Crippen molar-refractivity contribution in [3.63, 3.8) is 0 Å². The summed E-state index contributed by atoms with van der Waals surface area (Å²) in [4.78, 5) is 13.8. The second kappa shape index (κ2) is 7.72. The molecule has 0 spiro atoms. The normalized spacial score (nSPS) is 15.3. The highest BCUT2D eigenvalue weighted by Gasteiger charge is 2.20. The predicted octanol–water partition coefficient (Wildman–Crippen LogP) is 2.31. The maximum absolute atomic E-state index is 5.44. The standard InChI is InChI=1S/C16H27N5S/c1-5-6-17-16(22)21-9-7-20(8-10-21)14-11-13(4)18-15(19-14)12(2)3/h11-12H,5-10H2,1-4H3,(H,17,22). The highest BCUT2D eigenvalue weighted by molar-refractivity contribution is 7.80. The van der Waals surface area contributed by atoms with Crippen LogP contribution in [0.3, 0.4) is 0 Å². The smallest absolute Gasteiger partial charge is 0.169 e. The zero-order chi connectivity index (χ0) is 16.1. The van der Waals surface area contributed by atoms with Crippen LogP contribution in [-0.4, -0.2) is 52.7 Å². The number of nitrogens with one attached hydrogen (secondary N) is 1. The van der Waals surface area contributed by atoms with Gasteiger partial charge in [0.2, 0.25) is 0 Å². The molecular formula is C16H27N5S. The van der Waals surface area contributed by atoms with Gasteiger partial charge in [-0.2, -0.15) is 0 Å². The van der Waals surface area contributed by atoms with E-state index in [9.17, 15) is 0 Å². The molecule has 0 aliphatic carbocycles. The van der Waals surface area contributed by atoms with Gasteiger partial charge in [0.1, 0.15) is 11.6 Å². The van der Waals surface area contributed by atoms with Crippen molar-refractivity contribution in [1.82, 2.24) is 20.2 Å². The summed E-state index contributed by atoms with van der Waals surface area (Å²) in [6.45, 7) is 13.2. The molecule has 1 aromatic heterocycles. The van der Waals surface area contributed by atoms with Crippen molar-refractivity contribution in [1.29, 1.82) is 0 Å². The Morgan fingerprint density at radius 1 is 1.27 bits per heavy atom. The number of hydrogen-bond acceptors (Lipinski definition) is 4. The van der Waals surface area contributed by atoms with Crippen molar-refractivity contribution in [3.05, 3.63) is 17.6 Å². The van der Waals surface area contributed by atoms with Crippen LogP contribution in [0.4, 0.5) is 5.82 Å². The summed E-state index contributed by atoms with van der Waals surface area (Å²) in [7, 11) is 0. The Bertz CT molecular complexity index is 509. The van der Waals surface area contributed by atoms with E-state index in [4.69, 9.17) is 17.2 Å². The molecule has 2 rings (SSSR count). The van der Waals surface area contributed by atoms with Gasteiger partial charge in [-0.15, -0.1) is 0 Å². The second-order valence-corrected chi connectivity index (χ2v) is 6.47. The van der Waals surface area contributed by atoms with Crippen LogP contribution in [0.1, 0.15) is 44.6 Å². The topological polar surface area (TPSA) is 44.3 Å². The van der Waals surface area contributed by atoms with Crippen molar-refractivity contribution < 1.29 is 0 Å². The molecule has 0 unspecified atom stereocenters. The molecule has 0 atom stereocenters. The zero-order valence-electron chi connectivity index (χ0n) is 14.1. The highest BCUT2D eigenvalue weighted by atomic mass is 32.1. The Hall–Kier alpha value is -1.43. The maximum Gasteiger partial charge on any atom is 0.169 e. The molecule has 122 valence electrons. The van der Waals surface area contributed by atoms with Gasteiger partial charge in [-0.1, -0.05) is 20.8 Å². The van der Waals surface area contributed by atoms with Crippen LogP contribution >= 0.6 is 12.2 Å². The lowest BCUT2D eigenvalue weighted by molar-refractivity contribution is 0.379. The Kier molecular flexibility index (Phi) is 5.94. The number of nitrogens with zero attached hydrogens (tertiary/aromatic N) is 4. The van der Waals surface area contributed by atoms with Crippen LogP contribution in [0.2, 0.25) is 0 Å². The van der Waals surface area contributed by atoms with Crippen molar-refractivity contribution in [2.24, 2.45) is 0 Å². The van der Waals surface area contributed by atoms with Crippen molar-refractivity contribution >= 4 is 23.1 Å². The molecule has 1 saturated heterocycles. The Labute approximate surface area is 139 Å². The molecule has 22 heavy (non-hydrogen) atoms. The molecule has 0 saturated carbocycles. The Morgan fingerprint density at radius 2 is 1.95 bits per heavy atom. The van der Waals surface area contributed by atoms with Gasteiger partial charge in [-0.3, -0.25) is 0 Å². The fourth-order valence-corrected chi connectivity index (χ4v) is 2.76. The summed E-state index contributed by atoms with van der Waals surface area (Å²) in [5.41, 5.74) is 1.04. The average Bonchev–Trinajstić information content (AvgIpc) is 2.52. The number of rotatable bonds is 4. The number of aromatic nitrogens is 2. The number of aryl methyl sites for hydroxylation is 1. The molecule has 5 nitrogen and oxygen atoms in total. The molecular weight excluding hydrogens is 294 g/mol. The van der Waals surface area contributed by atoms with Crippen LogP contribution in [0.15, 0.2) is 6.07 Å². The quantitative estimate of drug-likeness (QED) is 0.859. The molecule has 1 fully saturated rings. The van der Waals surface area contributed by atoms with Gasteiger partial charge in [-0.25, -0.2) is 9.97 Å². The lowest BCUT2D eigenvalue weighted by Crippen LogP contribution is -2.52. The van der Waals surface area contributed by atoms with Gasteiger partial charge in [0, 0.05) is 50.4 Å². The SMILES string of the molecule is CCCNC(=S)N1CCN(c2cc(C)nc(C(C)C)n2)CC1. The fraction of sp³-hybridized carbons (Fsp3) is 0.688. The molecule has 1 aromatic rings. The van der Waals surface area contributed by atoms with Crippen LogP contribution in [0, 0.1) is 6.92 Å². The average molecular weight is 321 g/mol. The van der Waals surface area contributed by atoms with Crippen LogP contribution in [-0.2, 0) is 0 Å². The van der Waals surface area contributed by atoms with Gasteiger partial charge in [0.15, 0.2) is 5.11 Å². The summed E-state index contributed by atoms with van der Waals surface area (Å²) in [5, 5.41) is 4.18. The highest BCUT2D eigenvalue weighted by Crippen LogP contribution is 2.18. The van der Waals surface area contributed by atoms with Gasteiger partial charge in [-0.05, 0) is 25.6 Å². The molecule has 1 aliphatic rings. The number of piperazine rings is 1. The van der Waals surface area contributed by atoms with Gasteiger partial charge >= 0.3 is 0 Å². The van der Waals surface area contributed by atoms with E-state index in [0.29, 0.717) is 5.92 Å². The molecule has 0 radical (unpaired) electrons. The maximum atomic E-state index is 5.44. The van der Waals surface area contributed by atoms with E-state index in [2.05, 4.69) is 46.9 Å².